The Labute approximate surface area is 93.2 Å². The lowest BCUT2D eigenvalue weighted by atomic mass is 9.96. The molecule has 0 saturated heterocycles. The molecule has 0 spiro atoms. The van der Waals surface area contributed by atoms with Gasteiger partial charge in [0.2, 0.25) is 6.54 Å². The fourth-order valence-electron chi connectivity index (χ4n) is 1.49. The first-order valence-corrected chi connectivity index (χ1v) is 4.86. The van der Waals surface area contributed by atoms with Crippen molar-refractivity contribution in [3.63, 3.8) is 0 Å². The highest BCUT2D eigenvalue weighted by Crippen LogP contribution is 2.21. The van der Waals surface area contributed by atoms with Gasteiger partial charge in [-0.15, -0.1) is 0 Å². The van der Waals surface area contributed by atoms with Crippen LogP contribution in [0, 0.1) is 10.1 Å². The van der Waals surface area contributed by atoms with Crippen molar-refractivity contribution in [3.8, 4) is 5.75 Å². The molecule has 0 amide bonds. The van der Waals surface area contributed by atoms with Crippen molar-refractivity contribution in [2.75, 3.05) is 13.7 Å². The van der Waals surface area contributed by atoms with Crippen LogP contribution in [0.2, 0.25) is 0 Å². The van der Waals surface area contributed by atoms with Gasteiger partial charge in [0.15, 0.2) is 0 Å². The Balaban J connectivity index is 2.82. The molecule has 0 fully saturated rings. The Morgan fingerprint density at radius 3 is 2.50 bits per heavy atom. The van der Waals surface area contributed by atoms with Crippen molar-refractivity contribution in [2.45, 2.75) is 12.3 Å². The van der Waals surface area contributed by atoms with Crippen LogP contribution in [0.5, 0.6) is 5.75 Å². The predicted octanol–water partition coefficient (Wildman–Crippen LogP) is 1.64. The van der Waals surface area contributed by atoms with Crippen molar-refractivity contribution < 1.29 is 14.5 Å². The summed E-state index contributed by atoms with van der Waals surface area (Å²) in [4.78, 5) is 20.5. The van der Waals surface area contributed by atoms with Gasteiger partial charge < -0.3 is 9.53 Å². The van der Waals surface area contributed by atoms with E-state index in [0.29, 0.717) is 12.0 Å². The maximum Gasteiger partial charge on any atom is 0.211 e. The number of hydrogen-bond acceptors (Lipinski definition) is 4. The summed E-state index contributed by atoms with van der Waals surface area (Å²) in [6, 6.07) is 6.95. The smallest absolute Gasteiger partial charge is 0.211 e. The van der Waals surface area contributed by atoms with E-state index in [-0.39, 0.29) is 18.9 Å². The van der Waals surface area contributed by atoms with E-state index in [0.717, 1.165) is 5.56 Å². The third-order valence-corrected chi connectivity index (χ3v) is 2.34. The van der Waals surface area contributed by atoms with Gasteiger partial charge in [0.25, 0.3) is 0 Å². The van der Waals surface area contributed by atoms with Gasteiger partial charge in [-0.25, -0.2) is 0 Å². The minimum Gasteiger partial charge on any atom is -0.497 e. The summed E-state index contributed by atoms with van der Waals surface area (Å²) in [6.45, 7) is -0.231. The molecule has 5 heteroatoms. The number of ether oxygens (including phenoxy) is 1. The molecule has 1 aromatic carbocycles. The van der Waals surface area contributed by atoms with Crippen LogP contribution in [0.1, 0.15) is 17.9 Å². The lowest BCUT2D eigenvalue weighted by Crippen LogP contribution is -2.13. The number of carbonyl (C=O) groups is 1. The van der Waals surface area contributed by atoms with Crippen LogP contribution in [-0.4, -0.2) is 24.9 Å². The SMILES string of the molecule is COc1ccc([C@H](CC=O)C[N+](=O)[O-])cc1. The number of aldehydes is 1. The zero-order valence-corrected chi connectivity index (χ0v) is 8.96. The van der Waals surface area contributed by atoms with Gasteiger partial charge >= 0.3 is 0 Å². The molecule has 0 heterocycles. The first-order valence-electron chi connectivity index (χ1n) is 4.86. The van der Waals surface area contributed by atoms with Gasteiger partial charge in [-0.05, 0) is 17.7 Å². The highest BCUT2D eigenvalue weighted by molar-refractivity contribution is 5.51. The molecular formula is C11H13NO4. The second kappa shape index (κ2) is 5.85. The van der Waals surface area contributed by atoms with E-state index in [1.807, 2.05) is 0 Å². The zero-order chi connectivity index (χ0) is 12.0. The summed E-state index contributed by atoms with van der Waals surface area (Å²) in [5.74, 6) is 0.327. The molecule has 0 aliphatic heterocycles. The van der Waals surface area contributed by atoms with E-state index in [9.17, 15) is 14.9 Å². The zero-order valence-electron chi connectivity index (χ0n) is 8.96. The summed E-state index contributed by atoms with van der Waals surface area (Å²) in [5.41, 5.74) is 0.782. The fraction of sp³-hybridized carbons (Fsp3) is 0.364. The molecule has 1 aromatic rings. The molecule has 5 nitrogen and oxygen atoms in total. The predicted molar refractivity (Wildman–Crippen MR) is 58.3 cm³/mol. The molecule has 0 bridgehead atoms. The highest BCUT2D eigenvalue weighted by atomic mass is 16.6. The van der Waals surface area contributed by atoms with Crippen molar-refractivity contribution in [1.82, 2.24) is 0 Å². The van der Waals surface area contributed by atoms with Crippen LogP contribution in [0.4, 0.5) is 0 Å². The van der Waals surface area contributed by atoms with Crippen molar-refractivity contribution in [1.29, 1.82) is 0 Å². The maximum atomic E-state index is 10.4. The van der Waals surface area contributed by atoms with Gasteiger partial charge in [-0.2, -0.15) is 0 Å². The molecule has 0 radical (unpaired) electrons. The fourth-order valence-corrected chi connectivity index (χ4v) is 1.49. The number of methoxy groups -OCH3 is 1. The van der Waals surface area contributed by atoms with Crippen molar-refractivity contribution >= 4 is 6.29 Å². The van der Waals surface area contributed by atoms with E-state index in [1.54, 1.807) is 31.4 Å². The number of carbonyl (C=O) groups excluding carboxylic acids is 1. The monoisotopic (exact) mass is 223 g/mol. The van der Waals surface area contributed by atoms with Crippen molar-refractivity contribution in [3.05, 3.63) is 39.9 Å². The Morgan fingerprint density at radius 2 is 2.06 bits per heavy atom. The van der Waals surface area contributed by atoms with E-state index in [4.69, 9.17) is 4.74 Å². The molecule has 0 unspecified atom stereocenters. The maximum absolute atomic E-state index is 10.4. The van der Waals surface area contributed by atoms with Gasteiger partial charge in [-0.1, -0.05) is 12.1 Å². The summed E-state index contributed by atoms with van der Waals surface area (Å²) in [7, 11) is 1.55. The van der Waals surface area contributed by atoms with E-state index in [1.165, 1.54) is 0 Å². The highest BCUT2D eigenvalue weighted by Gasteiger charge is 2.17. The number of nitro groups is 1. The standard InChI is InChI=1S/C11H13NO4/c1-16-11-4-2-9(3-5-11)10(6-7-13)8-12(14)15/h2-5,7,10H,6,8H2,1H3/t10-/m1/s1. The largest absolute Gasteiger partial charge is 0.497 e. The van der Waals surface area contributed by atoms with Crippen LogP contribution in [-0.2, 0) is 4.79 Å². The van der Waals surface area contributed by atoms with Crippen LogP contribution < -0.4 is 4.74 Å². The van der Waals surface area contributed by atoms with Crippen LogP contribution in [0.3, 0.4) is 0 Å². The van der Waals surface area contributed by atoms with Crippen LogP contribution >= 0.6 is 0 Å². The van der Waals surface area contributed by atoms with Gasteiger partial charge in [0, 0.05) is 11.3 Å². The molecule has 0 aliphatic rings. The summed E-state index contributed by atoms with van der Waals surface area (Å²) < 4.78 is 4.99. The minimum absolute atomic E-state index is 0.160. The molecule has 0 aliphatic carbocycles. The molecule has 1 atom stereocenters. The normalized spacial score (nSPS) is 11.8. The summed E-state index contributed by atoms with van der Waals surface area (Å²) in [5, 5.41) is 10.4. The average molecular weight is 223 g/mol. The van der Waals surface area contributed by atoms with E-state index in [2.05, 4.69) is 0 Å². The Kier molecular flexibility index (Phi) is 4.44. The molecule has 86 valence electrons. The minimum atomic E-state index is -0.404. The molecule has 0 saturated carbocycles. The Bertz CT molecular complexity index is 361. The third-order valence-electron chi connectivity index (χ3n) is 2.34. The number of benzene rings is 1. The lowest BCUT2D eigenvalue weighted by molar-refractivity contribution is -0.483. The van der Waals surface area contributed by atoms with E-state index < -0.39 is 4.92 Å². The van der Waals surface area contributed by atoms with E-state index >= 15 is 0 Å². The lowest BCUT2D eigenvalue weighted by Gasteiger charge is -2.10. The second-order valence-electron chi connectivity index (χ2n) is 3.39. The Morgan fingerprint density at radius 1 is 1.44 bits per heavy atom. The van der Waals surface area contributed by atoms with Crippen LogP contribution in [0.15, 0.2) is 24.3 Å². The van der Waals surface area contributed by atoms with Crippen molar-refractivity contribution in [2.24, 2.45) is 0 Å². The Hall–Kier alpha value is -1.91. The average Bonchev–Trinajstić information content (AvgIpc) is 2.28. The molecule has 0 aromatic heterocycles. The summed E-state index contributed by atoms with van der Waals surface area (Å²) >= 11 is 0. The third kappa shape index (κ3) is 3.34. The molecule has 1 rings (SSSR count). The second-order valence-corrected chi connectivity index (χ2v) is 3.39. The first kappa shape index (κ1) is 12.2. The van der Waals surface area contributed by atoms with Gasteiger partial charge in [-0.3, -0.25) is 10.1 Å². The number of nitrogens with zero attached hydrogens (tertiary/aromatic N) is 1. The topological polar surface area (TPSA) is 69.4 Å². The van der Waals surface area contributed by atoms with Gasteiger partial charge in [0.1, 0.15) is 12.0 Å². The number of hydrogen-bond donors (Lipinski definition) is 0. The quantitative estimate of drug-likeness (QED) is 0.417. The first-order chi connectivity index (χ1) is 7.67. The van der Waals surface area contributed by atoms with Crippen LogP contribution in [0.25, 0.3) is 0 Å². The molecule has 16 heavy (non-hydrogen) atoms. The summed E-state index contributed by atoms with van der Waals surface area (Å²) in [6.07, 6.45) is 0.867. The molecule has 0 N–H and O–H groups in total. The molecular weight excluding hydrogens is 210 g/mol. The number of rotatable bonds is 6. The van der Waals surface area contributed by atoms with Gasteiger partial charge in [0.05, 0.1) is 13.0 Å².